The smallest absolute Gasteiger partial charge is 0.287 e. The number of hydrogen-bond acceptors (Lipinski definition) is 9. The number of nitrogens with zero attached hydrogens (tertiary/aromatic N) is 5. The summed E-state index contributed by atoms with van der Waals surface area (Å²) in [5.41, 5.74) is 4.28. The van der Waals surface area contributed by atoms with Crippen LogP contribution in [0.15, 0.2) is 53.5 Å². The Morgan fingerprint density at radius 3 is 2.38 bits per heavy atom. The second-order valence-corrected chi connectivity index (χ2v) is 15.5. The highest BCUT2D eigenvalue weighted by Crippen LogP contribution is 2.43. The van der Waals surface area contributed by atoms with E-state index in [-0.39, 0.29) is 51.6 Å². The van der Waals surface area contributed by atoms with Crippen molar-refractivity contribution in [2.24, 2.45) is 12.5 Å². The van der Waals surface area contributed by atoms with E-state index < -0.39 is 0 Å². The van der Waals surface area contributed by atoms with Gasteiger partial charge in [0.1, 0.15) is 10.8 Å². The van der Waals surface area contributed by atoms with Crippen molar-refractivity contribution in [1.82, 2.24) is 24.9 Å². The van der Waals surface area contributed by atoms with Crippen LogP contribution in [0.3, 0.4) is 0 Å². The Labute approximate surface area is 309 Å². The lowest BCUT2D eigenvalue weighted by Crippen LogP contribution is -2.48. The number of piperidine rings is 4. The Morgan fingerprint density at radius 2 is 1.69 bits per heavy atom. The van der Waals surface area contributed by atoms with Gasteiger partial charge in [-0.3, -0.25) is 24.5 Å². The number of methoxy groups -OCH3 is 1. The molecule has 52 heavy (non-hydrogen) atoms. The minimum Gasteiger partial charge on any atom is -0.496 e. The molecule has 0 saturated carbocycles. The van der Waals surface area contributed by atoms with E-state index in [0.29, 0.717) is 24.3 Å². The largest absolute Gasteiger partial charge is 0.496 e. The topological polar surface area (TPSA) is 129 Å². The molecule has 0 radical (unpaired) electrons. The molecule has 4 saturated heterocycles. The Kier molecular flexibility index (Phi) is 10.3. The van der Waals surface area contributed by atoms with Crippen LogP contribution in [0, 0.1) is 5.41 Å². The number of ether oxygens (including phenoxy) is 1. The van der Waals surface area contributed by atoms with E-state index in [2.05, 4.69) is 50.8 Å². The van der Waals surface area contributed by atoms with Crippen molar-refractivity contribution in [2.45, 2.75) is 62.8 Å². The van der Waals surface area contributed by atoms with Gasteiger partial charge in [0, 0.05) is 81.7 Å². The van der Waals surface area contributed by atoms with Gasteiger partial charge >= 0.3 is 0 Å². The van der Waals surface area contributed by atoms with Crippen molar-refractivity contribution in [3.05, 3.63) is 80.7 Å². The first-order valence-corrected chi connectivity index (χ1v) is 18.7. The van der Waals surface area contributed by atoms with Crippen molar-refractivity contribution in [3.63, 3.8) is 0 Å². The summed E-state index contributed by atoms with van der Waals surface area (Å²) in [6.07, 6.45) is 7.42. The van der Waals surface area contributed by atoms with Crippen molar-refractivity contribution >= 4 is 40.7 Å². The van der Waals surface area contributed by atoms with Crippen molar-refractivity contribution < 1.29 is 19.1 Å². The number of imide groups is 1. The maximum atomic E-state index is 13.6. The number of aromatic nitrogens is 2. The summed E-state index contributed by atoms with van der Waals surface area (Å²) in [7, 11) is 5.30. The quantitative estimate of drug-likeness (QED) is 0.341. The van der Waals surface area contributed by atoms with Crippen LogP contribution in [0.4, 0.5) is 11.4 Å². The number of amides is 3. The Morgan fingerprint density at radius 1 is 0.981 bits per heavy atom. The van der Waals surface area contributed by atoms with E-state index in [1.54, 1.807) is 20.4 Å². The van der Waals surface area contributed by atoms with E-state index in [1.807, 2.05) is 29.2 Å². The highest BCUT2D eigenvalue weighted by atomic mass is 35.5. The molecule has 4 aliphatic heterocycles. The fourth-order valence-electron chi connectivity index (χ4n) is 8.68. The molecular formula is C39H48ClN7O5. The number of carbonyl (C=O) groups excluding carboxylic acids is 3. The van der Waals surface area contributed by atoms with Crippen LogP contribution in [-0.4, -0.2) is 96.8 Å². The van der Waals surface area contributed by atoms with Crippen LogP contribution in [0.25, 0.3) is 0 Å². The maximum Gasteiger partial charge on any atom is 0.287 e. The summed E-state index contributed by atoms with van der Waals surface area (Å²) in [6.45, 7) is 5.10. The third-order valence-corrected chi connectivity index (χ3v) is 12.2. The molecular weight excluding hydrogens is 682 g/mol. The van der Waals surface area contributed by atoms with Gasteiger partial charge in [0.2, 0.25) is 11.8 Å². The van der Waals surface area contributed by atoms with Crippen molar-refractivity contribution in [1.29, 1.82) is 0 Å². The molecule has 3 aromatic rings. The molecule has 2 N–H and O–H groups in total. The fraction of sp³-hybridized carbons (Fsp3) is 0.513. The summed E-state index contributed by atoms with van der Waals surface area (Å²) < 4.78 is 6.94. The molecule has 3 unspecified atom stereocenters. The molecule has 12 nitrogen and oxygen atoms in total. The van der Waals surface area contributed by atoms with E-state index in [4.69, 9.17) is 16.3 Å². The van der Waals surface area contributed by atoms with E-state index >= 15 is 0 Å². The molecule has 0 aliphatic carbocycles. The number of carbonyl (C=O) groups is 3. The number of likely N-dealkylation sites (tertiary alicyclic amines) is 2. The van der Waals surface area contributed by atoms with Gasteiger partial charge in [0.15, 0.2) is 0 Å². The predicted molar refractivity (Wildman–Crippen MR) is 200 cm³/mol. The zero-order chi connectivity index (χ0) is 36.6. The number of hydrogen-bond donors (Lipinski definition) is 2. The average molecular weight is 730 g/mol. The number of benzene rings is 2. The summed E-state index contributed by atoms with van der Waals surface area (Å²) in [5.74, 6) is 0.174. The molecule has 5 heterocycles. The van der Waals surface area contributed by atoms with Gasteiger partial charge in [-0.15, -0.1) is 0 Å². The third kappa shape index (κ3) is 7.41. The highest BCUT2D eigenvalue weighted by molar-refractivity contribution is 6.32. The molecule has 4 aliphatic rings. The number of rotatable bonds is 7. The SMILES string of the molecule is COc1cc(N2CCC3(CCN(C(=O)c4ccc(C5CC(Nc6cnn(C)c(=O)c6Cl)CN(C)C5)cc4)CC3)CC2)ccc1C1CCC(=O)NC1=O. The standard InChI is InChI=1S/C39H48ClN7O5/c1-44-23-27(20-28(24-44)42-32-22-41-45(2)38(51)35(32)40)25-4-6-26(7-5-25)37(50)47-18-14-39(15-19-47)12-16-46(17-13-39)29-8-9-30(33(21-29)52-3)31-10-11-34(48)43-36(31)49/h4-9,21-22,27-28,31,42H,10-20,23-24H2,1-3H3,(H,43,48,49). The van der Waals surface area contributed by atoms with Crippen LogP contribution in [0.1, 0.15) is 78.3 Å². The maximum absolute atomic E-state index is 13.6. The Balaban J connectivity index is 0.918. The van der Waals surface area contributed by atoms with Gasteiger partial charge in [0.25, 0.3) is 11.5 Å². The van der Waals surface area contributed by atoms with Gasteiger partial charge in [-0.1, -0.05) is 29.8 Å². The molecule has 1 aromatic heterocycles. The van der Waals surface area contributed by atoms with Crippen LogP contribution in [0.2, 0.25) is 5.02 Å². The molecule has 13 heteroatoms. The minimum absolute atomic E-state index is 0.0927. The zero-order valence-electron chi connectivity index (χ0n) is 30.2. The lowest BCUT2D eigenvalue weighted by molar-refractivity contribution is -0.134. The van der Waals surface area contributed by atoms with Crippen LogP contribution >= 0.6 is 11.6 Å². The number of likely N-dealkylation sites (N-methyl/N-ethyl adjacent to an activating group) is 1. The van der Waals surface area contributed by atoms with E-state index in [1.165, 1.54) is 10.2 Å². The first-order chi connectivity index (χ1) is 25.0. The second kappa shape index (κ2) is 14.9. The van der Waals surface area contributed by atoms with Crippen LogP contribution in [0.5, 0.6) is 5.75 Å². The monoisotopic (exact) mass is 729 g/mol. The number of aryl methyl sites for hydroxylation is 1. The normalized spacial score (nSPS) is 23.7. The Hall–Kier alpha value is -4.42. The first-order valence-electron chi connectivity index (χ1n) is 18.4. The molecule has 4 fully saturated rings. The summed E-state index contributed by atoms with van der Waals surface area (Å²) >= 11 is 6.32. The number of nitrogens with one attached hydrogen (secondary N) is 2. The molecule has 1 spiro atoms. The lowest BCUT2D eigenvalue weighted by Gasteiger charge is -2.47. The van der Waals surface area contributed by atoms with Crippen LogP contribution < -0.4 is 25.8 Å². The van der Waals surface area contributed by atoms with Crippen LogP contribution in [-0.2, 0) is 16.6 Å². The van der Waals surface area contributed by atoms with Gasteiger partial charge < -0.3 is 24.8 Å². The molecule has 3 amide bonds. The highest BCUT2D eigenvalue weighted by Gasteiger charge is 2.39. The molecule has 0 bridgehead atoms. The molecule has 2 aromatic carbocycles. The average Bonchev–Trinajstić information content (AvgIpc) is 3.15. The van der Waals surface area contributed by atoms with Crippen molar-refractivity contribution in [3.8, 4) is 5.75 Å². The Bertz CT molecular complexity index is 1880. The summed E-state index contributed by atoms with van der Waals surface area (Å²) in [5, 5.41) is 10.2. The fourth-order valence-corrected chi connectivity index (χ4v) is 8.90. The van der Waals surface area contributed by atoms with E-state index in [0.717, 1.165) is 88.2 Å². The molecule has 3 atom stereocenters. The van der Waals surface area contributed by atoms with Gasteiger partial charge in [-0.05, 0) is 80.7 Å². The third-order valence-electron chi connectivity index (χ3n) is 11.8. The first kappa shape index (κ1) is 36.0. The van der Waals surface area contributed by atoms with Crippen molar-refractivity contribution in [2.75, 3.05) is 63.6 Å². The lowest BCUT2D eigenvalue weighted by atomic mass is 9.71. The second-order valence-electron chi connectivity index (χ2n) is 15.1. The summed E-state index contributed by atoms with van der Waals surface area (Å²) in [4.78, 5) is 56.7. The number of halogens is 1. The molecule has 276 valence electrons. The molecule has 7 rings (SSSR count). The zero-order valence-corrected chi connectivity index (χ0v) is 31.0. The van der Waals surface area contributed by atoms with E-state index in [9.17, 15) is 19.2 Å². The number of anilines is 2. The van der Waals surface area contributed by atoms with Gasteiger partial charge in [0.05, 0.1) is 24.9 Å². The predicted octanol–water partition coefficient (Wildman–Crippen LogP) is 4.39. The van der Waals surface area contributed by atoms with Gasteiger partial charge in [-0.2, -0.15) is 5.10 Å². The minimum atomic E-state index is -0.384. The summed E-state index contributed by atoms with van der Waals surface area (Å²) in [6, 6.07) is 14.3. The van der Waals surface area contributed by atoms with Gasteiger partial charge in [-0.25, -0.2) is 4.68 Å².